The van der Waals surface area contributed by atoms with Crippen LogP contribution in [0.1, 0.15) is 24.0 Å². The molecule has 3 rings (SSSR count). The molecule has 5 heteroatoms. The van der Waals surface area contributed by atoms with Crippen LogP contribution in [-0.4, -0.2) is 23.9 Å². The monoisotopic (exact) mass is 360 g/mol. The van der Waals surface area contributed by atoms with Crippen LogP contribution in [0.25, 0.3) is 0 Å². The van der Waals surface area contributed by atoms with Crippen LogP contribution in [0.4, 0.5) is 4.39 Å². The summed E-state index contributed by atoms with van der Waals surface area (Å²) in [6.45, 7) is 2.89. The van der Waals surface area contributed by atoms with Crippen molar-refractivity contribution in [1.82, 2.24) is 10.2 Å². The first-order valence-electron chi connectivity index (χ1n) is 8.60. The van der Waals surface area contributed by atoms with Crippen molar-refractivity contribution in [3.63, 3.8) is 0 Å². The molecular weight excluding hydrogens is 339 g/mol. The minimum Gasteiger partial charge on any atom is -0.352 e. The van der Waals surface area contributed by atoms with Crippen molar-refractivity contribution in [2.75, 3.05) is 13.1 Å². The van der Waals surface area contributed by atoms with Gasteiger partial charge in [0, 0.05) is 24.7 Å². The Labute approximate surface area is 152 Å². The van der Waals surface area contributed by atoms with Crippen molar-refractivity contribution in [2.24, 2.45) is 5.92 Å². The first-order chi connectivity index (χ1) is 12.1. The number of hydrogen-bond donors (Lipinski definition) is 1. The van der Waals surface area contributed by atoms with E-state index in [9.17, 15) is 9.18 Å². The number of benzene rings is 2. The normalized spacial score (nSPS) is 18.1. The molecular formula is C20H22ClFN2O. The second-order valence-electron chi connectivity index (χ2n) is 6.51. The Bertz CT molecular complexity index is 720. The molecule has 1 aliphatic rings. The summed E-state index contributed by atoms with van der Waals surface area (Å²) in [5.41, 5.74) is 2.00. The van der Waals surface area contributed by atoms with Crippen LogP contribution < -0.4 is 5.32 Å². The zero-order valence-corrected chi connectivity index (χ0v) is 14.8. The molecule has 2 aromatic rings. The van der Waals surface area contributed by atoms with Crippen LogP contribution in [0.15, 0.2) is 48.5 Å². The lowest BCUT2D eigenvalue weighted by molar-refractivity contribution is -0.126. The maximum absolute atomic E-state index is 13.0. The third kappa shape index (κ3) is 5.03. The fraction of sp³-hybridized carbons (Fsp3) is 0.350. The topological polar surface area (TPSA) is 32.3 Å². The van der Waals surface area contributed by atoms with Crippen LogP contribution in [0.5, 0.6) is 0 Å². The standard InChI is InChI=1S/C20H22ClFN2O/c21-19-6-2-1-4-16(19)12-23-20(25)17-5-3-11-24(14-17)13-15-7-9-18(22)10-8-15/h1-2,4,6-10,17H,3,5,11-14H2,(H,23,25)/t17-/m0/s1. The Morgan fingerprint density at radius 1 is 1.20 bits per heavy atom. The van der Waals surface area contributed by atoms with Crippen molar-refractivity contribution in [3.05, 3.63) is 70.5 Å². The van der Waals surface area contributed by atoms with Crippen LogP contribution in [0, 0.1) is 11.7 Å². The maximum Gasteiger partial charge on any atom is 0.224 e. The summed E-state index contributed by atoms with van der Waals surface area (Å²) in [4.78, 5) is 14.8. The minimum absolute atomic E-state index is 0.0170. The predicted molar refractivity (Wildman–Crippen MR) is 97.7 cm³/mol. The van der Waals surface area contributed by atoms with Crippen LogP contribution in [-0.2, 0) is 17.9 Å². The van der Waals surface area contributed by atoms with E-state index in [2.05, 4.69) is 10.2 Å². The lowest BCUT2D eigenvalue weighted by Gasteiger charge is -2.32. The molecule has 0 saturated carbocycles. The van der Waals surface area contributed by atoms with Gasteiger partial charge in [0.25, 0.3) is 0 Å². The summed E-state index contributed by atoms with van der Waals surface area (Å²) >= 11 is 6.13. The van der Waals surface area contributed by atoms with Gasteiger partial charge < -0.3 is 5.32 Å². The van der Waals surface area contributed by atoms with Gasteiger partial charge in [-0.2, -0.15) is 0 Å². The van der Waals surface area contributed by atoms with Crippen molar-refractivity contribution < 1.29 is 9.18 Å². The molecule has 1 aliphatic heterocycles. The number of piperidine rings is 1. The summed E-state index contributed by atoms with van der Waals surface area (Å²) in [5.74, 6) is -0.167. The number of carbonyl (C=O) groups excluding carboxylic acids is 1. The largest absolute Gasteiger partial charge is 0.352 e. The van der Waals surface area contributed by atoms with Crippen molar-refractivity contribution in [3.8, 4) is 0 Å². The minimum atomic E-state index is -0.223. The molecule has 0 aliphatic carbocycles. The Morgan fingerprint density at radius 3 is 2.72 bits per heavy atom. The van der Waals surface area contributed by atoms with E-state index in [4.69, 9.17) is 11.6 Å². The molecule has 2 aromatic carbocycles. The fourth-order valence-electron chi connectivity index (χ4n) is 3.23. The Hall–Kier alpha value is -1.91. The van der Waals surface area contributed by atoms with E-state index in [-0.39, 0.29) is 17.6 Å². The van der Waals surface area contributed by atoms with Gasteiger partial charge in [0.2, 0.25) is 5.91 Å². The number of carbonyl (C=O) groups is 1. The number of amides is 1. The molecule has 3 nitrogen and oxygen atoms in total. The van der Waals surface area contributed by atoms with Gasteiger partial charge >= 0.3 is 0 Å². The third-order valence-electron chi connectivity index (χ3n) is 4.61. The molecule has 0 unspecified atom stereocenters. The number of likely N-dealkylation sites (tertiary alicyclic amines) is 1. The van der Waals surface area contributed by atoms with Crippen LogP contribution in [0.3, 0.4) is 0 Å². The molecule has 0 aromatic heterocycles. The summed E-state index contributed by atoms with van der Waals surface area (Å²) in [6, 6.07) is 14.1. The highest BCUT2D eigenvalue weighted by molar-refractivity contribution is 6.31. The van der Waals surface area contributed by atoms with Gasteiger partial charge in [0.05, 0.1) is 5.92 Å². The zero-order chi connectivity index (χ0) is 17.6. The maximum atomic E-state index is 13.0. The van der Waals surface area contributed by atoms with E-state index in [1.54, 1.807) is 12.1 Å². The van der Waals surface area contributed by atoms with E-state index in [1.165, 1.54) is 12.1 Å². The Balaban J connectivity index is 1.52. The predicted octanol–water partition coefficient (Wildman–Crippen LogP) is 4.01. The van der Waals surface area contributed by atoms with Crippen LogP contribution >= 0.6 is 11.6 Å². The second kappa shape index (κ2) is 8.45. The zero-order valence-electron chi connectivity index (χ0n) is 14.1. The Morgan fingerprint density at radius 2 is 1.96 bits per heavy atom. The van der Waals surface area contributed by atoms with E-state index in [1.807, 2.05) is 24.3 Å². The molecule has 1 heterocycles. The molecule has 1 atom stereocenters. The number of hydrogen-bond acceptors (Lipinski definition) is 2. The summed E-state index contributed by atoms with van der Waals surface area (Å²) < 4.78 is 13.0. The Kier molecular flexibility index (Phi) is 6.05. The van der Waals surface area contributed by atoms with E-state index < -0.39 is 0 Å². The molecule has 1 saturated heterocycles. The van der Waals surface area contributed by atoms with Crippen molar-refractivity contribution >= 4 is 17.5 Å². The fourth-order valence-corrected chi connectivity index (χ4v) is 3.43. The summed E-state index contributed by atoms with van der Waals surface area (Å²) in [7, 11) is 0. The van der Waals surface area contributed by atoms with Gasteiger partial charge in [-0.05, 0) is 48.7 Å². The first-order valence-corrected chi connectivity index (χ1v) is 8.97. The highest BCUT2D eigenvalue weighted by Gasteiger charge is 2.25. The van der Waals surface area contributed by atoms with Gasteiger partial charge in [-0.3, -0.25) is 9.69 Å². The first kappa shape index (κ1) is 17.9. The van der Waals surface area contributed by atoms with Crippen molar-refractivity contribution in [2.45, 2.75) is 25.9 Å². The highest BCUT2D eigenvalue weighted by atomic mass is 35.5. The second-order valence-corrected chi connectivity index (χ2v) is 6.92. The van der Waals surface area contributed by atoms with E-state index in [0.717, 1.165) is 43.6 Å². The summed E-state index contributed by atoms with van der Waals surface area (Å²) in [6.07, 6.45) is 1.89. The van der Waals surface area contributed by atoms with Crippen molar-refractivity contribution in [1.29, 1.82) is 0 Å². The van der Waals surface area contributed by atoms with Gasteiger partial charge in [-0.1, -0.05) is 41.9 Å². The molecule has 1 N–H and O–H groups in total. The van der Waals surface area contributed by atoms with Gasteiger partial charge in [0.15, 0.2) is 0 Å². The van der Waals surface area contributed by atoms with E-state index >= 15 is 0 Å². The number of nitrogens with one attached hydrogen (secondary N) is 1. The average molecular weight is 361 g/mol. The van der Waals surface area contributed by atoms with Gasteiger partial charge in [-0.15, -0.1) is 0 Å². The number of nitrogens with zero attached hydrogens (tertiary/aromatic N) is 1. The number of rotatable bonds is 5. The highest BCUT2D eigenvalue weighted by Crippen LogP contribution is 2.20. The molecule has 1 amide bonds. The third-order valence-corrected chi connectivity index (χ3v) is 4.98. The lowest BCUT2D eigenvalue weighted by atomic mass is 9.96. The average Bonchev–Trinajstić information content (AvgIpc) is 2.63. The quantitative estimate of drug-likeness (QED) is 0.873. The summed E-state index contributed by atoms with van der Waals surface area (Å²) in [5, 5.41) is 3.67. The van der Waals surface area contributed by atoms with E-state index in [0.29, 0.717) is 11.6 Å². The molecule has 0 spiro atoms. The molecule has 132 valence electrons. The molecule has 25 heavy (non-hydrogen) atoms. The van der Waals surface area contributed by atoms with Crippen LogP contribution in [0.2, 0.25) is 5.02 Å². The smallest absolute Gasteiger partial charge is 0.224 e. The number of halogens is 2. The van der Waals surface area contributed by atoms with Gasteiger partial charge in [-0.25, -0.2) is 4.39 Å². The molecule has 0 radical (unpaired) electrons. The lowest BCUT2D eigenvalue weighted by Crippen LogP contribution is -2.42. The SMILES string of the molecule is O=C(NCc1ccccc1Cl)[C@H]1CCCN(Cc2ccc(F)cc2)C1. The van der Waals surface area contributed by atoms with Gasteiger partial charge in [0.1, 0.15) is 5.82 Å². The molecule has 0 bridgehead atoms. The molecule has 1 fully saturated rings.